The largest absolute Gasteiger partial charge is 0.337 e. The molecule has 0 aromatic carbocycles. The Labute approximate surface area is 137 Å². The summed E-state index contributed by atoms with van der Waals surface area (Å²) >= 11 is 0. The zero-order chi connectivity index (χ0) is 16.4. The molecule has 0 atom stereocenters. The topological polar surface area (TPSA) is 40.9 Å². The van der Waals surface area contributed by atoms with E-state index in [0.717, 1.165) is 24.2 Å². The molecule has 0 bridgehead atoms. The highest BCUT2D eigenvalue weighted by molar-refractivity contribution is 5.94. The first-order valence-electron chi connectivity index (χ1n) is 8.46. The molecule has 0 radical (unpaired) electrons. The molecule has 1 amide bonds. The molecule has 0 unspecified atom stereocenters. The maximum absolute atomic E-state index is 13.0. The molecule has 0 aliphatic heterocycles. The second kappa shape index (κ2) is 6.71. The van der Waals surface area contributed by atoms with E-state index >= 15 is 0 Å². The van der Waals surface area contributed by atoms with Gasteiger partial charge in [-0.15, -0.1) is 0 Å². The van der Waals surface area contributed by atoms with Crippen molar-refractivity contribution in [3.63, 3.8) is 0 Å². The van der Waals surface area contributed by atoms with Crippen LogP contribution in [0.15, 0.2) is 24.4 Å². The van der Waals surface area contributed by atoms with E-state index in [1.807, 2.05) is 54.8 Å². The predicted molar refractivity (Wildman–Crippen MR) is 91.5 cm³/mol. The van der Waals surface area contributed by atoms with Crippen LogP contribution in [0.25, 0.3) is 5.65 Å². The van der Waals surface area contributed by atoms with E-state index in [2.05, 4.69) is 9.88 Å². The number of imidazole rings is 1. The highest BCUT2D eigenvalue weighted by Gasteiger charge is 2.27. The summed E-state index contributed by atoms with van der Waals surface area (Å²) in [6.07, 6.45) is 7.94. The van der Waals surface area contributed by atoms with Crippen LogP contribution in [0, 0.1) is 0 Å². The van der Waals surface area contributed by atoms with E-state index in [1.54, 1.807) is 0 Å². The van der Waals surface area contributed by atoms with Gasteiger partial charge in [-0.1, -0.05) is 25.3 Å². The van der Waals surface area contributed by atoms with Crippen molar-refractivity contribution in [1.82, 2.24) is 19.2 Å². The molecular weight excluding hydrogens is 288 g/mol. The first-order chi connectivity index (χ1) is 11.1. The van der Waals surface area contributed by atoms with Gasteiger partial charge >= 0.3 is 0 Å². The van der Waals surface area contributed by atoms with Gasteiger partial charge in [-0.2, -0.15) is 0 Å². The average molecular weight is 314 g/mol. The lowest BCUT2D eigenvalue weighted by Crippen LogP contribution is -2.39. The molecule has 1 saturated carbocycles. The van der Waals surface area contributed by atoms with E-state index in [9.17, 15) is 4.79 Å². The second-order valence-electron chi connectivity index (χ2n) is 6.78. The minimum atomic E-state index is 0.0532. The summed E-state index contributed by atoms with van der Waals surface area (Å²) in [6.45, 7) is 0.699. The Hall–Kier alpha value is -1.88. The van der Waals surface area contributed by atoms with Gasteiger partial charge in [-0.3, -0.25) is 4.79 Å². The third-order valence-corrected chi connectivity index (χ3v) is 4.74. The third-order valence-electron chi connectivity index (χ3n) is 4.74. The number of amides is 1. The van der Waals surface area contributed by atoms with Crippen molar-refractivity contribution in [3.05, 3.63) is 35.8 Å². The summed E-state index contributed by atoms with van der Waals surface area (Å²) in [5, 5.41) is 0. The van der Waals surface area contributed by atoms with E-state index in [1.165, 1.54) is 19.3 Å². The van der Waals surface area contributed by atoms with E-state index in [4.69, 9.17) is 0 Å². The summed E-state index contributed by atoms with van der Waals surface area (Å²) < 4.78 is 2.03. The number of aromatic nitrogens is 2. The van der Waals surface area contributed by atoms with Gasteiger partial charge in [0.1, 0.15) is 5.65 Å². The SMILES string of the molecule is CN(C)Cc1c(C(=O)N(C)C2CCCCC2)nc2ccccn12. The Morgan fingerprint density at radius 2 is 1.96 bits per heavy atom. The van der Waals surface area contributed by atoms with Gasteiger partial charge in [-0.25, -0.2) is 4.98 Å². The molecule has 5 nitrogen and oxygen atoms in total. The van der Waals surface area contributed by atoms with Gasteiger partial charge in [0.25, 0.3) is 5.91 Å². The second-order valence-corrected chi connectivity index (χ2v) is 6.78. The van der Waals surface area contributed by atoms with Crippen molar-refractivity contribution in [2.24, 2.45) is 0 Å². The Bertz CT molecular complexity index is 685. The quantitative estimate of drug-likeness (QED) is 0.871. The van der Waals surface area contributed by atoms with Crippen molar-refractivity contribution in [2.45, 2.75) is 44.7 Å². The van der Waals surface area contributed by atoms with Gasteiger partial charge in [0.05, 0.1) is 5.69 Å². The molecule has 2 aromatic rings. The third kappa shape index (κ3) is 3.24. The highest BCUT2D eigenvalue weighted by atomic mass is 16.2. The van der Waals surface area contributed by atoms with Crippen molar-refractivity contribution in [3.8, 4) is 0 Å². The van der Waals surface area contributed by atoms with Crippen LogP contribution in [0.1, 0.15) is 48.3 Å². The van der Waals surface area contributed by atoms with Crippen LogP contribution < -0.4 is 0 Å². The molecule has 0 saturated heterocycles. The lowest BCUT2D eigenvalue weighted by atomic mass is 9.94. The van der Waals surface area contributed by atoms with E-state index in [-0.39, 0.29) is 5.91 Å². The van der Waals surface area contributed by atoms with Gasteiger partial charge < -0.3 is 14.2 Å². The Morgan fingerprint density at radius 3 is 2.65 bits per heavy atom. The molecule has 2 aromatic heterocycles. The maximum Gasteiger partial charge on any atom is 0.274 e. The molecule has 124 valence electrons. The van der Waals surface area contributed by atoms with Gasteiger partial charge in [0.15, 0.2) is 5.69 Å². The lowest BCUT2D eigenvalue weighted by Gasteiger charge is -2.31. The first kappa shape index (κ1) is 16.0. The summed E-state index contributed by atoms with van der Waals surface area (Å²) in [7, 11) is 5.96. The number of carbonyl (C=O) groups excluding carboxylic acids is 1. The smallest absolute Gasteiger partial charge is 0.274 e. The van der Waals surface area contributed by atoms with E-state index < -0.39 is 0 Å². The van der Waals surface area contributed by atoms with Gasteiger partial charge in [-0.05, 0) is 39.1 Å². The van der Waals surface area contributed by atoms with Crippen LogP contribution in [0.5, 0.6) is 0 Å². The first-order valence-corrected chi connectivity index (χ1v) is 8.46. The predicted octanol–water partition coefficient (Wildman–Crippen LogP) is 2.80. The maximum atomic E-state index is 13.0. The zero-order valence-corrected chi connectivity index (χ0v) is 14.3. The van der Waals surface area contributed by atoms with Gasteiger partial charge in [0.2, 0.25) is 0 Å². The fraction of sp³-hybridized carbons (Fsp3) is 0.556. The Kier molecular flexibility index (Phi) is 4.66. The summed E-state index contributed by atoms with van der Waals surface area (Å²) in [6, 6.07) is 6.25. The van der Waals surface area contributed by atoms with Crippen LogP contribution in [0.2, 0.25) is 0 Å². The number of hydrogen-bond donors (Lipinski definition) is 0. The number of fused-ring (bicyclic) bond motifs is 1. The number of pyridine rings is 1. The molecule has 5 heteroatoms. The van der Waals surface area contributed by atoms with Crippen LogP contribution in [0.4, 0.5) is 0 Å². The fourth-order valence-electron chi connectivity index (χ4n) is 3.47. The lowest BCUT2D eigenvalue weighted by molar-refractivity contribution is 0.0689. The minimum Gasteiger partial charge on any atom is -0.337 e. The molecule has 1 aliphatic carbocycles. The number of hydrogen-bond acceptors (Lipinski definition) is 3. The number of nitrogens with zero attached hydrogens (tertiary/aromatic N) is 4. The molecule has 1 aliphatic rings. The standard InChI is InChI=1S/C18H26N4O/c1-20(2)13-15-17(19-16-11-7-8-12-22(15)16)18(23)21(3)14-9-5-4-6-10-14/h7-8,11-12,14H,4-6,9-10,13H2,1-3H3. The molecule has 2 heterocycles. The number of carbonyl (C=O) groups is 1. The fourth-order valence-corrected chi connectivity index (χ4v) is 3.47. The molecule has 1 fully saturated rings. The van der Waals surface area contributed by atoms with Crippen LogP contribution >= 0.6 is 0 Å². The number of rotatable bonds is 4. The summed E-state index contributed by atoms with van der Waals surface area (Å²) in [5.74, 6) is 0.0532. The van der Waals surface area contributed by atoms with Crippen molar-refractivity contribution in [2.75, 3.05) is 21.1 Å². The van der Waals surface area contributed by atoms with Crippen LogP contribution in [0.3, 0.4) is 0 Å². The average Bonchev–Trinajstić information content (AvgIpc) is 2.92. The summed E-state index contributed by atoms with van der Waals surface area (Å²) in [4.78, 5) is 21.7. The van der Waals surface area contributed by atoms with E-state index in [0.29, 0.717) is 18.3 Å². The minimum absolute atomic E-state index is 0.0532. The normalized spacial score (nSPS) is 16.2. The molecule has 0 N–H and O–H groups in total. The van der Waals surface area contributed by atoms with Crippen molar-refractivity contribution in [1.29, 1.82) is 0 Å². The molecule has 23 heavy (non-hydrogen) atoms. The van der Waals surface area contributed by atoms with Crippen molar-refractivity contribution >= 4 is 11.6 Å². The highest BCUT2D eigenvalue weighted by Crippen LogP contribution is 2.24. The molecular formula is C18H26N4O. The van der Waals surface area contributed by atoms with Crippen LogP contribution in [-0.4, -0.2) is 52.3 Å². The zero-order valence-electron chi connectivity index (χ0n) is 14.3. The monoisotopic (exact) mass is 314 g/mol. The van der Waals surface area contributed by atoms with Crippen molar-refractivity contribution < 1.29 is 4.79 Å². The van der Waals surface area contributed by atoms with Crippen LogP contribution in [-0.2, 0) is 6.54 Å². The summed E-state index contributed by atoms with van der Waals surface area (Å²) in [5.41, 5.74) is 2.40. The Morgan fingerprint density at radius 1 is 1.22 bits per heavy atom. The molecule has 3 rings (SSSR count). The Balaban J connectivity index is 1.95. The van der Waals surface area contributed by atoms with Gasteiger partial charge in [0, 0.05) is 25.8 Å². The molecule has 0 spiro atoms.